The van der Waals surface area contributed by atoms with Crippen LogP contribution in [0.2, 0.25) is 0 Å². The maximum atomic E-state index is 3.81. The Morgan fingerprint density at radius 3 is 2.44 bits per heavy atom. The summed E-state index contributed by atoms with van der Waals surface area (Å²) in [5.41, 5.74) is 1.50. The van der Waals surface area contributed by atoms with Crippen molar-refractivity contribution < 1.29 is 0 Å². The summed E-state index contributed by atoms with van der Waals surface area (Å²) in [6, 6.07) is 10.3. The molecular weight excluding hydrogens is 286 g/mol. The quantitative estimate of drug-likeness (QED) is 0.817. The fourth-order valence-electron chi connectivity index (χ4n) is 3.04. The molecule has 2 aliphatic carbocycles. The fourth-order valence-corrected chi connectivity index (χ4v) is 3.30. The van der Waals surface area contributed by atoms with Crippen molar-refractivity contribution in [3.63, 3.8) is 0 Å². The van der Waals surface area contributed by atoms with E-state index in [0.29, 0.717) is 0 Å². The van der Waals surface area contributed by atoms with Crippen LogP contribution in [-0.4, -0.2) is 12.1 Å². The molecule has 0 bridgehead atoms. The third-order valence-corrected chi connectivity index (χ3v) is 4.75. The zero-order chi connectivity index (χ0) is 12.4. The van der Waals surface area contributed by atoms with E-state index in [9.17, 15) is 0 Å². The standard InChI is InChI=1S/C16H20BrN/c17-14-8-6-12(7-9-14)13-10-16(11-13)18-15-4-2-1-3-5-15/h1-2,6-9,13,15-16,18H,3-5,10-11H2. The van der Waals surface area contributed by atoms with Crippen LogP contribution in [0, 0.1) is 0 Å². The van der Waals surface area contributed by atoms with Gasteiger partial charge in [-0.05, 0) is 55.7 Å². The van der Waals surface area contributed by atoms with E-state index < -0.39 is 0 Å². The number of rotatable bonds is 3. The second-order valence-corrected chi connectivity index (χ2v) is 6.48. The maximum Gasteiger partial charge on any atom is 0.0175 e. The van der Waals surface area contributed by atoms with Crippen LogP contribution in [0.4, 0.5) is 0 Å². The van der Waals surface area contributed by atoms with Crippen molar-refractivity contribution in [1.82, 2.24) is 5.32 Å². The number of nitrogens with one attached hydrogen (secondary N) is 1. The van der Waals surface area contributed by atoms with Gasteiger partial charge in [0.2, 0.25) is 0 Å². The molecule has 96 valence electrons. The van der Waals surface area contributed by atoms with E-state index in [1.54, 1.807) is 0 Å². The van der Waals surface area contributed by atoms with Gasteiger partial charge in [0.05, 0.1) is 0 Å². The Morgan fingerprint density at radius 2 is 1.78 bits per heavy atom. The summed E-state index contributed by atoms with van der Waals surface area (Å²) in [7, 11) is 0. The van der Waals surface area contributed by atoms with E-state index in [0.717, 1.165) is 18.0 Å². The van der Waals surface area contributed by atoms with Gasteiger partial charge in [-0.3, -0.25) is 0 Å². The molecule has 1 saturated carbocycles. The molecular formula is C16H20BrN. The summed E-state index contributed by atoms with van der Waals surface area (Å²) in [5.74, 6) is 0.773. The molecule has 0 aliphatic heterocycles. The van der Waals surface area contributed by atoms with Gasteiger partial charge < -0.3 is 5.32 Å². The monoisotopic (exact) mass is 305 g/mol. The Kier molecular flexibility index (Phi) is 3.86. The van der Waals surface area contributed by atoms with Crippen LogP contribution in [-0.2, 0) is 0 Å². The highest BCUT2D eigenvalue weighted by molar-refractivity contribution is 9.10. The highest BCUT2D eigenvalue weighted by atomic mass is 79.9. The summed E-state index contributed by atoms with van der Waals surface area (Å²) in [6.45, 7) is 0. The first-order valence-corrected chi connectivity index (χ1v) is 7.77. The van der Waals surface area contributed by atoms with Crippen molar-refractivity contribution in [2.45, 2.75) is 50.1 Å². The normalized spacial score (nSPS) is 31.1. The number of hydrogen-bond acceptors (Lipinski definition) is 1. The maximum absolute atomic E-state index is 3.81. The lowest BCUT2D eigenvalue weighted by Crippen LogP contribution is -2.45. The van der Waals surface area contributed by atoms with E-state index in [1.165, 1.54) is 42.1 Å². The number of allylic oxidation sites excluding steroid dienone is 1. The molecule has 1 unspecified atom stereocenters. The van der Waals surface area contributed by atoms with Crippen molar-refractivity contribution in [2.75, 3.05) is 0 Å². The van der Waals surface area contributed by atoms with Gasteiger partial charge in [0.15, 0.2) is 0 Å². The van der Waals surface area contributed by atoms with Gasteiger partial charge in [-0.25, -0.2) is 0 Å². The average molecular weight is 306 g/mol. The first-order valence-electron chi connectivity index (χ1n) is 6.98. The Bertz CT molecular complexity index is 417. The minimum absolute atomic E-state index is 0.728. The Morgan fingerprint density at radius 1 is 1.00 bits per heavy atom. The molecule has 0 saturated heterocycles. The molecule has 1 aromatic carbocycles. The summed E-state index contributed by atoms with van der Waals surface area (Å²) in [6.07, 6.45) is 11.0. The van der Waals surface area contributed by atoms with Gasteiger partial charge in [-0.1, -0.05) is 40.2 Å². The van der Waals surface area contributed by atoms with Gasteiger partial charge in [0.1, 0.15) is 0 Å². The van der Waals surface area contributed by atoms with Crippen molar-refractivity contribution in [1.29, 1.82) is 0 Å². The fraction of sp³-hybridized carbons (Fsp3) is 0.500. The molecule has 2 heteroatoms. The minimum atomic E-state index is 0.728. The van der Waals surface area contributed by atoms with Crippen molar-refractivity contribution in [3.8, 4) is 0 Å². The first kappa shape index (κ1) is 12.4. The second-order valence-electron chi connectivity index (χ2n) is 5.56. The molecule has 1 N–H and O–H groups in total. The highest BCUT2D eigenvalue weighted by Crippen LogP contribution is 2.37. The topological polar surface area (TPSA) is 12.0 Å². The molecule has 0 radical (unpaired) electrons. The van der Waals surface area contributed by atoms with E-state index >= 15 is 0 Å². The molecule has 3 rings (SSSR count). The summed E-state index contributed by atoms with van der Waals surface area (Å²) in [5, 5.41) is 3.81. The van der Waals surface area contributed by atoms with Crippen LogP contribution in [0.1, 0.15) is 43.6 Å². The molecule has 1 atom stereocenters. The highest BCUT2D eigenvalue weighted by Gasteiger charge is 2.31. The van der Waals surface area contributed by atoms with Crippen molar-refractivity contribution in [3.05, 3.63) is 46.5 Å². The lowest BCUT2D eigenvalue weighted by atomic mass is 9.75. The predicted octanol–water partition coefficient (Wildman–Crippen LogP) is 4.39. The average Bonchev–Trinajstić information content (AvgIpc) is 2.36. The number of halogens is 1. The van der Waals surface area contributed by atoms with Crippen LogP contribution in [0.15, 0.2) is 40.9 Å². The van der Waals surface area contributed by atoms with Crippen molar-refractivity contribution in [2.24, 2.45) is 0 Å². The van der Waals surface area contributed by atoms with Crippen LogP contribution < -0.4 is 5.32 Å². The SMILES string of the molecule is Brc1ccc(C2CC(NC3CC=CCC3)C2)cc1. The first-order chi connectivity index (χ1) is 8.81. The number of hydrogen-bond donors (Lipinski definition) is 1. The lowest BCUT2D eigenvalue weighted by Gasteiger charge is -2.39. The second kappa shape index (κ2) is 5.58. The van der Waals surface area contributed by atoms with E-state index in [-0.39, 0.29) is 0 Å². The zero-order valence-electron chi connectivity index (χ0n) is 10.6. The minimum Gasteiger partial charge on any atom is -0.311 e. The zero-order valence-corrected chi connectivity index (χ0v) is 12.2. The Balaban J connectivity index is 1.48. The molecule has 1 nitrogen and oxygen atoms in total. The third-order valence-electron chi connectivity index (χ3n) is 4.22. The predicted molar refractivity (Wildman–Crippen MR) is 79.8 cm³/mol. The molecule has 2 aliphatic rings. The summed E-state index contributed by atoms with van der Waals surface area (Å²) < 4.78 is 1.18. The number of benzene rings is 1. The van der Waals surface area contributed by atoms with E-state index in [4.69, 9.17) is 0 Å². The molecule has 0 spiro atoms. The van der Waals surface area contributed by atoms with Gasteiger partial charge in [-0.15, -0.1) is 0 Å². The van der Waals surface area contributed by atoms with Crippen molar-refractivity contribution >= 4 is 15.9 Å². The van der Waals surface area contributed by atoms with Gasteiger partial charge in [0.25, 0.3) is 0 Å². The Labute approximate surface area is 118 Å². The molecule has 1 fully saturated rings. The molecule has 18 heavy (non-hydrogen) atoms. The molecule has 0 aromatic heterocycles. The van der Waals surface area contributed by atoms with Gasteiger partial charge in [-0.2, -0.15) is 0 Å². The van der Waals surface area contributed by atoms with E-state index in [1.807, 2.05) is 0 Å². The molecule has 0 amide bonds. The lowest BCUT2D eigenvalue weighted by molar-refractivity contribution is 0.257. The third kappa shape index (κ3) is 2.86. The summed E-state index contributed by atoms with van der Waals surface area (Å²) >= 11 is 3.49. The smallest absolute Gasteiger partial charge is 0.0175 e. The largest absolute Gasteiger partial charge is 0.311 e. The summed E-state index contributed by atoms with van der Waals surface area (Å²) in [4.78, 5) is 0. The van der Waals surface area contributed by atoms with Gasteiger partial charge >= 0.3 is 0 Å². The van der Waals surface area contributed by atoms with Crippen LogP contribution in [0.25, 0.3) is 0 Å². The van der Waals surface area contributed by atoms with Crippen LogP contribution in [0.5, 0.6) is 0 Å². The van der Waals surface area contributed by atoms with Gasteiger partial charge in [0, 0.05) is 16.6 Å². The molecule has 1 aromatic rings. The Hall–Kier alpha value is -0.600. The van der Waals surface area contributed by atoms with E-state index in [2.05, 4.69) is 57.7 Å². The molecule has 0 heterocycles. The van der Waals surface area contributed by atoms with Crippen LogP contribution in [0.3, 0.4) is 0 Å². The van der Waals surface area contributed by atoms with Crippen LogP contribution >= 0.6 is 15.9 Å².